The fourth-order valence-corrected chi connectivity index (χ4v) is 3.25. The van der Waals surface area contributed by atoms with Crippen molar-refractivity contribution in [2.45, 2.75) is 26.4 Å². The fraction of sp³-hybridized carbons (Fsp3) is 0.294. The second-order valence-corrected chi connectivity index (χ2v) is 6.09. The van der Waals surface area contributed by atoms with Crippen molar-refractivity contribution in [3.05, 3.63) is 62.1 Å². The third-order valence-corrected chi connectivity index (χ3v) is 4.63. The molecule has 1 aliphatic heterocycles. The molecule has 0 bridgehead atoms. The Morgan fingerprint density at radius 3 is 2.96 bits per heavy atom. The van der Waals surface area contributed by atoms with Crippen LogP contribution in [-0.2, 0) is 19.5 Å². The number of benzene rings is 1. The van der Waals surface area contributed by atoms with Crippen LogP contribution in [0.1, 0.15) is 28.5 Å². The van der Waals surface area contributed by atoms with E-state index in [-0.39, 0.29) is 11.5 Å². The molecule has 3 heterocycles. The smallest absolute Gasteiger partial charge is 0.328 e. The predicted octanol–water partition coefficient (Wildman–Crippen LogP) is 0.631. The lowest BCUT2D eigenvalue weighted by Crippen LogP contribution is -2.36. The number of carbonyl (C=O) groups is 1. The fourth-order valence-electron chi connectivity index (χ4n) is 3.25. The normalized spacial score (nSPS) is 13.9. The van der Waals surface area contributed by atoms with E-state index < -0.39 is 5.69 Å². The molecule has 8 heteroatoms. The number of hydrogen-bond acceptors (Lipinski definition) is 4. The summed E-state index contributed by atoms with van der Waals surface area (Å²) in [6.07, 6.45) is 2.46. The van der Waals surface area contributed by atoms with Crippen LogP contribution in [0.25, 0.3) is 10.9 Å². The molecule has 25 heavy (non-hydrogen) atoms. The quantitative estimate of drug-likeness (QED) is 0.714. The second kappa shape index (κ2) is 5.73. The van der Waals surface area contributed by atoms with Crippen molar-refractivity contribution in [2.24, 2.45) is 0 Å². The Hall–Kier alpha value is -3.16. The van der Waals surface area contributed by atoms with Gasteiger partial charge in [0.15, 0.2) is 0 Å². The maximum Gasteiger partial charge on any atom is 0.328 e. The minimum Gasteiger partial charge on any atom is -0.334 e. The molecule has 128 valence electrons. The molecule has 0 saturated carbocycles. The lowest BCUT2D eigenvalue weighted by Gasteiger charge is -2.26. The van der Waals surface area contributed by atoms with Gasteiger partial charge in [0.25, 0.3) is 11.5 Å². The van der Waals surface area contributed by atoms with Gasteiger partial charge in [0, 0.05) is 42.9 Å². The zero-order valence-electron chi connectivity index (χ0n) is 13.7. The highest BCUT2D eigenvalue weighted by molar-refractivity contribution is 5.97. The topological polar surface area (TPSA) is 104 Å². The minimum atomic E-state index is -0.467. The average molecular weight is 339 g/mol. The van der Waals surface area contributed by atoms with Crippen LogP contribution >= 0.6 is 0 Å². The first kappa shape index (κ1) is 15.4. The Bertz CT molecular complexity index is 1090. The van der Waals surface area contributed by atoms with E-state index >= 15 is 0 Å². The lowest BCUT2D eigenvalue weighted by atomic mass is 10.1. The van der Waals surface area contributed by atoms with E-state index in [0.29, 0.717) is 36.1 Å². The van der Waals surface area contributed by atoms with Gasteiger partial charge in [0.2, 0.25) is 0 Å². The summed E-state index contributed by atoms with van der Waals surface area (Å²) in [4.78, 5) is 41.5. The van der Waals surface area contributed by atoms with E-state index in [9.17, 15) is 14.4 Å². The van der Waals surface area contributed by atoms with Crippen LogP contribution in [0.5, 0.6) is 0 Å². The largest absolute Gasteiger partial charge is 0.334 e. The van der Waals surface area contributed by atoms with E-state index in [2.05, 4.69) is 15.2 Å². The number of H-pyrrole nitrogens is 2. The summed E-state index contributed by atoms with van der Waals surface area (Å²) in [7, 11) is 0. The summed E-state index contributed by atoms with van der Waals surface area (Å²) in [5.41, 5.74) is 2.09. The van der Waals surface area contributed by atoms with Crippen LogP contribution in [0, 0.1) is 0 Å². The number of fused-ring (bicyclic) bond motifs is 2. The van der Waals surface area contributed by atoms with Crippen molar-refractivity contribution in [1.29, 1.82) is 0 Å². The van der Waals surface area contributed by atoms with Crippen molar-refractivity contribution in [2.75, 3.05) is 6.54 Å². The third kappa shape index (κ3) is 2.46. The van der Waals surface area contributed by atoms with Gasteiger partial charge in [-0.1, -0.05) is 0 Å². The van der Waals surface area contributed by atoms with Crippen LogP contribution in [0.2, 0.25) is 0 Å². The number of aromatic amines is 2. The lowest BCUT2D eigenvalue weighted by molar-refractivity contribution is 0.0734. The molecule has 4 rings (SSSR count). The first-order valence-corrected chi connectivity index (χ1v) is 8.15. The third-order valence-electron chi connectivity index (χ3n) is 4.63. The molecule has 3 aromatic rings. The molecule has 1 amide bonds. The zero-order chi connectivity index (χ0) is 17.6. The number of amides is 1. The van der Waals surface area contributed by atoms with Crippen molar-refractivity contribution in [1.82, 2.24) is 24.6 Å². The maximum atomic E-state index is 12.8. The number of rotatable bonds is 2. The number of nitrogens with one attached hydrogen (secondary N) is 2. The van der Waals surface area contributed by atoms with Crippen LogP contribution in [-0.4, -0.2) is 37.1 Å². The van der Waals surface area contributed by atoms with Gasteiger partial charge in [0.1, 0.15) is 0 Å². The van der Waals surface area contributed by atoms with Gasteiger partial charge < -0.3 is 9.88 Å². The van der Waals surface area contributed by atoms with E-state index in [1.807, 2.05) is 0 Å². The standard InChI is InChI=1S/C17H17N5O3/c1-2-22-16(24)12-4-3-10(7-14(12)19-17(22)25)15(23)21-6-5-13-11(9-21)8-18-20-13/h3-4,7-8H,2,5-6,9H2,1H3,(H,18,20)(H,19,25). The van der Waals surface area contributed by atoms with Gasteiger partial charge in [-0.3, -0.25) is 19.3 Å². The Balaban J connectivity index is 1.71. The van der Waals surface area contributed by atoms with Crippen molar-refractivity contribution in [3.8, 4) is 0 Å². The molecule has 2 N–H and O–H groups in total. The summed E-state index contributed by atoms with van der Waals surface area (Å²) < 4.78 is 1.13. The molecule has 0 spiro atoms. The van der Waals surface area contributed by atoms with Crippen LogP contribution in [0.4, 0.5) is 0 Å². The van der Waals surface area contributed by atoms with Crippen molar-refractivity contribution >= 4 is 16.8 Å². The highest BCUT2D eigenvalue weighted by atomic mass is 16.2. The van der Waals surface area contributed by atoms with Gasteiger partial charge in [-0.05, 0) is 25.1 Å². The molecule has 0 aliphatic carbocycles. The molecular weight excluding hydrogens is 322 g/mol. The van der Waals surface area contributed by atoms with Gasteiger partial charge >= 0.3 is 5.69 Å². The van der Waals surface area contributed by atoms with E-state index in [1.54, 1.807) is 36.2 Å². The summed E-state index contributed by atoms with van der Waals surface area (Å²) in [6, 6.07) is 4.81. The number of nitrogens with zero attached hydrogens (tertiary/aromatic N) is 3. The number of aromatic nitrogens is 4. The highest BCUT2D eigenvalue weighted by Crippen LogP contribution is 2.19. The summed E-state index contributed by atoms with van der Waals surface area (Å²) >= 11 is 0. The van der Waals surface area contributed by atoms with Crippen LogP contribution in [0.15, 0.2) is 34.0 Å². The molecule has 2 aromatic heterocycles. The summed E-state index contributed by atoms with van der Waals surface area (Å²) in [5.74, 6) is -0.130. The van der Waals surface area contributed by atoms with E-state index in [4.69, 9.17) is 0 Å². The molecule has 1 aliphatic rings. The van der Waals surface area contributed by atoms with E-state index in [0.717, 1.165) is 22.2 Å². The van der Waals surface area contributed by atoms with Crippen molar-refractivity contribution in [3.63, 3.8) is 0 Å². The minimum absolute atomic E-state index is 0.130. The van der Waals surface area contributed by atoms with Gasteiger partial charge in [-0.25, -0.2) is 4.79 Å². The molecule has 1 aromatic carbocycles. The Morgan fingerprint density at radius 2 is 2.16 bits per heavy atom. The highest BCUT2D eigenvalue weighted by Gasteiger charge is 2.23. The van der Waals surface area contributed by atoms with Gasteiger partial charge in [0.05, 0.1) is 17.1 Å². The van der Waals surface area contributed by atoms with Crippen LogP contribution in [0.3, 0.4) is 0 Å². The van der Waals surface area contributed by atoms with Crippen LogP contribution < -0.4 is 11.2 Å². The molecular formula is C17H17N5O3. The number of carbonyl (C=O) groups excluding carboxylic acids is 1. The Labute approximate surface area is 142 Å². The molecule has 0 saturated heterocycles. The monoisotopic (exact) mass is 339 g/mol. The average Bonchev–Trinajstić information content (AvgIpc) is 3.08. The van der Waals surface area contributed by atoms with Crippen molar-refractivity contribution < 1.29 is 4.79 Å². The number of hydrogen-bond donors (Lipinski definition) is 2. The molecule has 0 unspecified atom stereocenters. The molecule has 8 nitrogen and oxygen atoms in total. The summed E-state index contributed by atoms with van der Waals surface area (Å²) in [5, 5.41) is 7.34. The first-order valence-electron chi connectivity index (χ1n) is 8.15. The van der Waals surface area contributed by atoms with Gasteiger partial charge in [-0.2, -0.15) is 5.10 Å². The second-order valence-electron chi connectivity index (χ2n) is 6.09. The van der Waals surface area contributed by atoms with E-state index in [1.165, 1.54) is 0 Å². The SMILES string of the molecule is CCn1c(=O)[nH]c2cc(C(=O)N3CCc4[nH]ncc4C3)ccc2c1=O. The Kier molecular flexibility index (Phi) is 3.52. The molecule has 0 fully saturated rings. The summed E-state index contributed by atoms with van der Waals surface area (Å²) in [6.45, 7) is 3.13. The first-order chi connectivity index (χ1) is 12.1. The maximum absolute atomic E-state index is 12.8. The Morgan fingerprint density at radius 1 is 1.32 bits per heavy atom. The predicted molar refractivity (Wildman–Crippen MR) is 91.5 cm³/mol. The molecule has 0 atom stereocenters. The molecule has 0 radical (unpaired) electrons. The van der Waals surface area contributed by atoms with Gasteiger partial charge in [-0.15, -0.1) is 0 Å². The zero-order valence-corrected chi connectivity index (χ0v) is 13.7.